The van der Waals surface area contributed by atoms with E-state index in [-0.39, 0.29) is 42.3 Å². The van der Waals surface area contributed by atoms with Crippen LogP contribution in [0.25, 0.3) is 0 Å². The van der Waals surface area contributed by atoms with Crippen molar-refractivity contribution in [3.05, 3.63) is 65.5 Å². The first-order valence-electron chi connectivity index (χ1n) is 8.12. The van der Waals surface area contributed by atoms with Gasteiger partial charge in [-0.3, -0.25) is 4.79 Å². The molecule has 0 unspecified atom stereocenters. The molecule has 2 aromatic rings. The first-order valence-corrected chi connectivity index (χ1v) is 9.56. The van der Waals surface area contributed by atoms with E-state index in [1.807, 2.05) is 0 Å². The zero-order valence-corrected chi connectivity index (χ0v) is 15.4. The molecule has 0 bridgehead atoms. The van der Waals surface area contributed by atoms with Gasteiger partial charge in [-0.15, -0.1) is 0 Å². The maximum atomic E-state index is 13.1. The Morgan fingerprint density at radius 1 is 1.00 bits per heavy atom. The zero-order valence-electron chi connectivity index (χ0n) is 14.6. The molecule has 2 aromatic carbocycles. The number of rotatable bonds is 8. The molecule has 0 saturated heterocycles. The molecule has 0 radical (unpaired) electrons. The fourth-order valence-corrected chi connectivity index (χ4v) is 3.58. The Hall–Kier alpha value is -2.39. The molecule has 146 valence electrons. The molecule has 0 atom stereocenters. The van der Waals surface area contributed by atoms with E-state index in [9.17, 15) is 26.4 Å². The molecule has 0 spiro atoms. The lowest BCUT2D eigenvalue weighted by atomic mass is 10.2. The fraction of sp³-hybridized carbons (Fsp3) is 0.278. The minimum absolute atomic E-state index is 0.0305. The lowest BCUT2D eigenvalue weighted by Gasteiger charge is -2.17. The standard InChI is InChI=1S/C18H19F3N2O3S/c1-23(27(25,26)17-6-4-14(19)5-7-17)8-2-3-18(24)22-12-13-9-15(20)11-16(21)10-13/h4-7,9-11H,2-3,8,12H2,1H3,(H,22,24). The molecular weight excluding hydrogens is 381 g/mol. The van der Waals surface area contributed by atoms with Crippen molar-refractivity contribution in [2.75, 3.05) is 13.6 Å². The highest BCUT2D eigenvalue weighted by atomic mass is 32.2. The van der Waals surface area contributed by atoms with Gasteiger partial charge in [0.25, 0.3) is 0 Å². The van der Waals surface area contributed by atoms with E-state index in [4.69, 9.17) is 0 Å². The predicted octanol–water partition coefficient (Wildman–Crippen LogP) is 2.82. The van der Waals surface area contributed by atoms with Crippen molar-refractivity contribution < 1.29 is 26.4 Å². The van der Waals surface area contributed by atoms with Gasteiger partial charge in [-0.2, -0.15) is 0 Å². The van der Waals surface area contributed by atoms with E-state index in [1.165, 1.54) is 19.2 Å². The van der Waals surface area contributed by atoms with Gasteiger partial charge in [0.05, 0.1) is 4.90 Å². The highest BCUT2D eigenvalue weighted by Gasteiger charge is 2.20. The summed E-state index contributed by atoms with van der Waals surface area (Å²) in [5.41, 5.74) is 0.289. The summed E-state index contributed by atoms with van der Waals surface area (Å²) in [6.07, 6.45) is 0.293. The lowest BCUT2D eigenvalue weighted by Crippen LogP contribution is -2.29. The maximum Gasteiger partial charge on any atom is 0.242 e. The van der Waals surface area contributed by atoms with E-state index in [0.717, 1.165) is 34.6 Å². The molecule has 0 aliphatic rings. The van der Waals surface area contributed by atoms with Gasteiger partial charge in [0, 0.05) is 32.6 Å². The van der Waals surface area contributed by atoms with Gasteiger partial charge in [0.1, 0.15) is 17.5 Å². The largest absolute Gasteiger partial charge is 0.352 e. The summed E-state index contributed by atoms with van der Waals surface area (Å²) in [6.45, 7) is 0.0545. The Morgan fingerprint density at radius 2 is 1.59 bits per heavy atom. The minimum atomic E-state index is -3.77. The summed E-state index contributed by atoms with van der Waals surface area (Å²) in [4.78, 5) is 11.8. The summed E-state index contributed by atoms with van der Waals surface area (Å²) in [7, 11) is -2.40. The molecule has 0 aliphatic heterocycles. The smallest absolute Gasteiger partial charge is 0.242 e. The van der Waals surface area contributed by atoms with Crippen LogP contribution in [0.5, 0.6) is 0 Å². The number of nitrogens with one attached hydrogen (secondary N) is 1. The van der Waals surface area contributed by atoms with E-state index < -0.39 is 27.5 Å². The van der Waals surface area contributed by atoms with E-state index in [1.54, 1.807) is 0 Å². The second-order valence-electron chi connectivity index (χ2n) is 5.94. The summed E-state index contributed by atoms with van der Waals surface area (Å²) in [5, 5.41) is 2.52. The highest BCUT2D eigenvalue weighted by molar-refractivity contribution is 7.89. The zero-order chi connectivity index (χ0) is 20.0. The second kappa shape index (κ2) is 9.01. The third-order valence-corrected chi connectivity index (χ3v) is 5.68. The normalized spacial score (nSPS) is 11.6. The van der Waals surface area contributed by atoms with Gasteiger partial charge in [-0.1, -0.05) is 0 Å². The van der Waals surface area contributed by atoms with Crippen molar-refractivity contribution in [3.63, 3.8) is 0 Å². The SMILES string of the molecule is CN(CCCC(=O)NCc1cc(F)cc(F)c1)S(=O)(=O)c1ccc(F)cc1. The van der Waals surface area contributed by atoms with Gasteiger partial charge >= 0.3 is 0 Å². The Balaban J connectivity index is 1.80. The van der Waals surface area contributed by atoms with Crippen LogP contribution in [0.4, 0.5) is 13.2 Å². The van der Waals surface area contributed by atoms with Gasteiger partial charge in [0.15, 0.2) is 0 Å². The maximum absolute atomic E-state index is 13.1. The summed E-state index contributed by atoms with van der Waals surface area (Å²) >= 11 is 0. The highest BCUT2D eigenvalue weighted by Crippen LogP contribution is 2.15. The van der Waals surface area contributed by atoms with Crippen LogP contribution in [0.2, 0.25) is 0 Å². The van der Waals surface area contributed by atoms with Gasteiger partial charge < -0.3 is 5.32 Å². The minimum Gasteiger partial charge on any atom is -0.352 e. The van der Waals surface area contributed by atoms with Gasteiger partial charge in [-0.05, 0) is 48.4 Å². The van der Waals surface area contributed by atoms with Crippen LogP contribution in [0.15, 0.2) is 47.4 Å². The fourth-order valence-electron chi connectivity index (χ4n) is 2.37. The van der Waals surface area contributed by atoms with Crippen LogP contribution in [0.3, 0.4) is 0 Å². The average molecular weight is 400 g/mol. The molecule has 27 heavy (non-hydrogen) atoms. The average Bonchev–Trinajstić information content (AvgIpc) is 2.59. The third-order valence-electron chi connectivity index (χ3n) is 3.81. The molecule has 1 amide bonds. The number of carbonyl (C=O) groups is 1. The number of sulfonamides is 1. The van der Waals surface area contributed by atoms with Crippen molar-refractivity contribution >= 4 is 15.9 Å². The Bertz CT molecular complexity index is 882. The number of nitrogens with zero attached hydrogens (tertiary/aromatic N) is 1. The molecule has 0 saturated carbocycles. The quantitative estimate of drug-likeness (QED) is 0.741. The predicted molar refractivity (Wildman–Crippen MR) is 93.7 cm³/mol. The molecule has 0 aromatic heterocycles. The monoisotopic (exact) mass is 400 g/mol. The van der Waals surface area contributed by atoms with Crippen LogP contribution in [-0.4, -0.2) is 32.2 Å². The molecular formula is C18H19F3N2O3S. The number of hydrogen-bond donors (Lipinski definition) is 1. The van der Waals surface area contributed by atoms with E-state index >= 15 is 0 Å². The second-order valence-corrected chi connectivity index (χ2v) is 7.98. The molecule has 0 aliphatic carbocycles. The van der Waals surface area contributed by atoms with Crippen molar-refractivity contribution in [2.45, 2.75) is 24.3 Å². The van der Waals surface area contributed by atoms with E-state index in [2.05, 4.69) is 5.32 Å². The number of hydrogen-bond acceptors (Lipinski definition) is 3. The van der Waals surface area contributed by atoms with Crippen molar-refractivity contribution in [3.8, 4) is 0 Å². The van der Waals surface area contributed by atoms with Crippen LogP contribution >= 0.6 is 0 Å². The van der Waals surface area contributed by atoms with Crippen LogP contribution < -0.4 is 5.32 Å². The Labute approximate surface area is 155 Å². The number of halogens is 3. The van der Waals surface area contributed by atoms with E-state index in [0.29, 0.717) is 0 Å². The van der Waals surface area contributed by atoms with Crippen LogP contribution in [0, 0.1) is 17.5 Å². The lowest BCUT2D eigenvalue weighted by molar-refractivity contribution is -0.121. The summed E-state index contributed by atoms with van der Waals surface area (Å²) in [5.74, 6) is -2.36. The molecule has 1 N–H and O–H groups in total. The molecule has 2 rings (SSSR count). The number of benzene rings is 2. The van der Waals surface area contributed by atoms with Crippen LogP contribution in [0.1, 0.15) is 18.4 Å². The van der Waals surface area contributed by atoms with Crippen molar-refractivity contribution in [1.82, 2.24) is 9.62 Å². The Kier molecular flexibility index (Phi) is 6.98. The third kappa shape index (κ3) is 6.07. The summed E-state index contributed by atoms with van der Waals surface area (Å²) < 4.78 is 64.8. The number of carbonyl (C=O) groups excluding carboxylic acids is 1. The molecule has 5 nitrogen and oxygen atoms in total. The molecule has 0 fully saturated rings. The van der Waals surface area contributed by atoms with Crippen LogP contribution in [-0.2, 0) is 21.4 Å². The first-order chi connectivity index (χ1) is 12.7. The number of amides is 1. The first kappa shape index (κ1) is 20.9. The van der Waals surface area contributed by atoms with Gasteiger partial charge in [0.2, 0.25) is 15.9 Å². The Morgan fingerprint density at radius 3 is 2.19 bits per heavy atom. The molecule has 0 heterocycles. The van der Waals surface area contributed by atoms with Gasteiger partial charge in [-0.25, -0.2) is 25.9 Å². The summed E-state index contributed by atoms with van der Waals surface area (Å²) in [6, 6.07) is 7.44. The topological polar surface area (TPSA) is 66.5 Å². The van der Waals surface area contributed by atoms with Crippen molar-refractivity contribution in [1.29, 1.82) is 0 Å². The van der Waals surface area contributed by atoms with Crippen molar-refractivity contribution in [2.24, 2.45) is 0 Å². The molecule has 9 heteroatoms.